The fourth-order valence-corrected chi connectivity index (χ4v) is 2.46. The monoisotopic (exact) mass is 321 g/mol. The highest BCUT2D eigenvalue weighted by Crippen LogP contribution is 2.29. The van der Waals surface area contributed by atoms with Crippen LogP contribution in [0.25, 0.3) is 0 Å². The molecule has 0 saturated carbocycles. The van der Waals surface area contributed by atoms with Crippen LogP contribution in [0.2, 0.25) is 0 Å². The summed E-state index contributed by atoms with van der Waals surface area (Å²) in [6.07, 6.45) is 0. The van der Waals surface area contributed by atoms with Crippen molar-refractivity contribution in [1.82, 2.24) is 0 Å². The van der Waals surface area contributed by atoms with E-state index in [4.69, 9.17) is 17.2 Å². The van der Waals surface area contributed by atoms with Crippen molar-refractivity contribution < 1.29 is 4.74 Å². The summed E-state index contributed by atoms with van der Waals surface area (Å²) in [5, 5.41) is 0. The molecule has 0 amide bonds. The van der Waals surface area contributed by atoms with Gasteiger partial charge in [0.15, 0.2) is 0 Å². The van der Waals surface area contributed by atoms with E-state index in [1.807, 2.05) is 48.5 Å². The first-order chi connectivity index (χ1) is 8.74. The van der Waals surface area contributed by atoms with E-state index >= 15 is 0 Å². The first-order valence-corrected chi connectivity index (χ1v) is 6.62. The zero-order chi connectivity index (χ0) is 13.0. The predicted octanol–water partition coefficient (Wildman–Crippen LogP) is 4.28. The fraction of sp³-hybridized carbons (Fsp3) is 0.143. The van der Waals surface area contributed by atoms with Gasteiger partial charge in [-0.3, -0.25) is 0 Å². The minimum absolute atomic E-state index is 0.146. The van der Waals surface area contributed by atoms with Crippen molar-refractivity contribution >= 4 is 28.4 Å². The summed E-state index contributed by atoms with van der Waals surface area (Å²) in [6, 6.07) is 15.7. The van der Waals surface area contributed by atoms with Gasteiger partial charge in [0.2, 0.25) is 0 Å². The van der Waals surface area contributed by atoms with E-state index in [0.29, 0.717) is 0 Å². The number of hydrogen-bond donors (Lipinski definition) is 0. The molecule has 2 aromatic rings. The van der Waals surface area contributed by atoms with Gasteiger partial charge in [0, 0.05) is 16.9 Å². The molecule has 0 N–H and O–H groups in total. The van der Waals surface area contributed by atoms with Crippen LogP contribution in [-0.2, 0) is 12.4 Å². The molecular formula is C14H12BrNOS. The minimum Gasteiger partial charge on any atom is -0.497 e. The van der Waals surface area contributed by atoms with E-state index in [-0.39, 0.29) is 6.04 Å². The van der Waals surface area contributed by atoms with Gasteiger partial charge in [0.1, 0.15) is 11.8 Å². The summed E-state index contributed by atoms with van der Waals surface area (Å²) in [7, 11) is 1.65. The van der Waals surface area contributed by atoms with Crippen LogP contribution in [0, 0.1) is 0 Å². The van der Waals surface area contributed by atoms with Gasteiger partial charge in [0.25, 0.3) is 0 Å². The van der Waals surface area contributed by atoms with Gasteiger partial charge in [0.05, 0.1) is 7.11 Å². The van der Waals surface area contributed by atoms with Crippen LogP contribution in [0.15, 0.2) is 57.4 Å². The maximum absolute atomic E-state index is 5.22. The Morgan fingerprint density at radius 1 is 1.11 bits per heavy atom. The molecule has 0 aliphatic rings. The zero-order valence-electron chi connectivity index (χ0n) is 9.84. The summed E-state index contributed by atoms with van der Waals surface area (Å²) >= 11 is 8.39. The lowest BCUT2D eigenvalue weighted by Crippen LogP contribution is -1.97. The maximum atomic E-state index is 5.22. The van der Waals surface area contributed by atoms with Crippen molar-refractivity contribution in [2.45, 2.75) is 6.04 Å². The van der Waals surface area contributed by atoms with Gasteiger partial charge in [-0.15, -0.1) is 0 Å². The van der Waals surface area contributed by atoms with Gasteiger partial charge in [-0.25, -0.2) is 4.36 Å². The second-order valence-electron chi connectivity index (χ2n) is 3.84. The predicted molar refractivity (Wildman–Crippen MR) is 78.8 cm³/mol. The smallest absolute Gasteiger partial charge is 0.119 e. The van der Waals surface area contributed by atoms with Gasteiger partial charge in [-0.05, 0) is 35.4 Å². The topological polar surface area (TPSA) is 21.6 Å². The van der Waals surface area contributed by atoms with Crippen molar-refractivity contribution in [2.75, 3.05) is 7.11 Å². The lowest BCUT2D eigenvalue weighted by atomic mass is 9.99. The van der Waals surface area contributed by atoms with Crippen LogP contribution in [0.1, 0.15) is 17.2 Å². The average molecular weight is 322 g/mol. The molecule has 1 atom stereocenters. The van der Waals surface area contributed by atoms with Crippen molar-refractivity contribution in [1.29, 1.82) is 0 Å². The number of ether oxygens (including phenoxy) is 1. The summed E-state index contributed by atoms with van der Waals surface area (Å²) < 4.78 is 10.3. The van der Waals surface area contributed by atoms with Crippen LogP contribution in [0.5, 0.6) is 5.75 Å². The summed E-state index contributed by atoms with van der Waals surface area (Å²) in [4.78, 5) is 0. The molecule has 2 nitrogen and oxygen atoms in total. The molecule has 1 unspecified atom stereocenters. The van der Waals surface area contributed by atoms with Crippen molar-refractivity contribution in [2.24, 2.45) is 4.36 Å². The quantitative estimate of drug-likeness (QED) is 0.838. The molecule has 18 heavy (non-hydrogen) atoms. The number of methoxy groups -OCH3 is 1. The van der Waals surface area contributed by atoms with Crippen molar-refractivity contribution in [3.05, 3.63) is 64.1 Å². The first-order valence-electron chi connectivity index (χ1n) is 5.46. The highest BCUT2D eigenvalue weighted by atomic mass is 79.9. The number of nitrogens with zero attached hydrogens (tertiary/aromatic N) is 1. The molecule has 0 aliphatic carbocycles. The lowest BCUT2D eigenvalue weighted by Gasteiger charge is -2.13. The van der Waals surface area contributed by atoms with Crippen LogP contribution >= 0.6 is 15.9 Å². The van der Waals surface area contributed by atoms with Gasteiger partial charge >= 0.3 is 0 Å². The first kappa shape index (κ1) is 13.2. The van der Waals surface area contributed by atoms with E-state index in [1.165, 1.54) is 0 Å². The Labute approximate surface area is 120 Å². The van der Waals surface area contributed by atoms with E-state index in [9.17, 15) is 0 Å². The van der Waals surface area contributed by atoms with E-state index in [0.717, 1.165) is 21.3 Å². The second-order valence-corrected chi connectivity index (χ2v) is 4.97. The molecule has 0 fully saturated rings. The second kappa shape index (κ2) is 6.07. The maximum Gasteiger partial charge on any atom is 0.119 e. The Balaban J connectivity index is 2.41. The van der Waals surface area contributed by atoms with Gasteiger partial charge in [-0.1, -0.05) is 40.2 Å². The molecule has 0 radical (unpaired) electrons. The largest absolute Gasteiger partial charge is 0.497 e. The Hall–Kier alpha value is -1.26. The summed E-state index contributed by atoms with van der Waals surface area (Å²) in [5.41, 5.74) is 2.09. The molecule has 0 bridgehead atoms. The highest BCUT2D eigenvalue weighted by Gasteiger charge is 2.13. The SMILES string of the molecule is COc1cccc(C(N=S)c2cccc(Br)c2)c1. The number of halogens is 1. The average Bonchev–Trinajstić information content (AvgIpc) is 2.40. The number of benzene rings is 2. The third-order valence-corrected chi connectivity index (χ3v) is 3.38. The van der Waals surface area contributed by atoms with Crippen LogP contribution < -0.4 is 4.74 Å². The number of rotatable bonds is 4. The Morgan fingerprint density at radius 3 is 2.39 bits per heavy atom. The molecule has 0 aliphatic heterocycles. The number of hydrogen-bond acceptors (Lipinski definition) is 3. The minimum atomic E-state index is -0.146. The van der Waals surface area contributed by atoms with Gasteiger partial charge < -0.3 is 4.74 Å². The summed E-state index contributed by atoms with van der Waals surface area (Å²) in [5.74, 6) is 0.811. The zero-order valence-corrected chi connectivity index (χ0v) is 12.2. The van der Waals surface area contributed by atoms with Crippen LogP contribution in [0.4, 0.5) is 0 Å². The normalized spacial score (nSPS) is 11.9. The Kier molecular flexibility index (Phi) is 4.44. The lowest BCUT2D eigenvalue weighted by molar-refractivity contribution is 0.414. The molecule has 0 heterocycles. The Morgan fingerprint density at radius 2 is 1.78 bits per heavy atom. The highest BCUT2D eigenvalue weighted by molar-refractivity contribution is 9.10. The fourth-order valence-electron chi connectivity index (χ4n) is 1.80. The van der Waals surface area contributed by atoms with Crippen molar-refractivity contribution in [3.8, 4) is 5.75 Å². The van der Waals surface area contributed by atoms with Gasteiger partial charge in [-0.2, -0.15) is 0 Å². The molecular weight excluding hydrogens is 310 g/mol. The molecule has 92 valence electrons. The summed E-state index contributed by atoms with van der Waals surface area (Å²) in [6.45, 7) is 0. The van der Waals surface area contributed by atoms with Crippen LogP contribution in [0.3, 0.4) is 0 Å². The van der Waals surface area contributed by atoms with Crippen molar-refractivity contribution in [3.63, 3.8) is 0 Å². The third-order valence-electron chi connectivity index (χ3n) is 2.68. The molecule has 2 aromatic carbocycles. The van der Waals surface area contributed by atoms with E-state index in [2.05, 4.69) is 20.3 Å². The Bertz CT molecular complexity index is 559. The molecule has 0 saturated heterocycles. The van der Waals surface area contributed by atoms with E-state index in [1.54, 1.807) is 7.11 Å². The van der Waals surface area contributed by atoms with Crippen LogP contribution in [-0.4, -0.2) is 7.11 Å². The third kappa shape index (κ3) is 2.94. The van der Waals surface area contributed by atoms with E-state index < -0.39 is 0 Å². The molecule has 0 spiro atoms. The standard InChI is InChI=1S/C14H12BrNOS/c1-17-13-7-3-5-11(9-13)14(16-18)10-4-2-6-12(15)8-10/h2-9,14H,1H3. The molecule has 4 heteroatoms. The molecule has 2 rings (SSSR count). The molecule has 0 aromatic heterocycles.